The Bertz CT molecular complexity index is 752. The number of thiocarbonyl (C=S) groups is 1. The Kier molecular flexibility index (Phi) is 5.20. The highest BCUT2D eigenvalue weighted by atomic mass is 35.5. The van der Waals surface area contributed by atoms with Gasteiger partial charge in [-0.2, -0.15) is 0 Å². The zero-order chi connectivity index (χ0) is 18.0. The smallest absolute Gasteiger partial charge is 0.265 e. The molecular formula is C15H14ClN3O4S. The second kappa shape index (κ2) is 6.98. The first-order chi connectivity index (χ1) is 11.2. The van der Waals surface area contributed by atoms with Gasteiger partial charge in [-0.15, -0.1) is 0 Å². The average Bonchev–Trinajstić information content (AvgIpc) is 2.54. The summed E-state index contributed by atoms with van der Waals surface area (Å²) in [7, 11) is 2.99. The third kappa shape index (κ3) is 3.55. The molecule has 1 saturated heterocycles. The Hall–Kier alpha value is -2.45. The molecule has 1 aliphatic heterocycles. The summed E-state index contributed by atoms with van der Waals surface area (Å²) in [6.07, 6.45) is 1.42. The summed E-state index contributed by atoms with van der Waals surface area (Å²) in [6.45, 7) is -0.301. The number of hydrogen-bond donors (Lipinski definition) is 1. The van der Waals surface area contributed by atoms with E-state index in [0.29, 0.717) is 5.56 Å². The highest BCUT2D eigenvalue weighted by Gasteiger charge is 2.35. The minimum atomic E-state index is -0.627. The number of amides is 3. The van der Waals surface area contributed by atoms with Gasteiger partial charge >= 0.3 is 0 Å². The van der Waals surface area contributed by atoms with Gasteiger partial charge in [0.25, 0.3) is 17.7 Å². The molecule has 2 rings (SSSR count). The van der Waals surface area contributed by atoms with Crippen molar-refractivity contribution in [2.24, 2.45) is 5.73 Å². The standard InChI is InChI=1S/C15H14ClN3O4S/c1-18-13(21)9(14(22)19(2)15(18)24)5-8-3-4-11(10(16)6-8)23-7-12(17)20/h3-6H,7H2,1-2H3,(H2,17,20). The molecule has 1 fully saturated rings. The number of nitrogens with two attached hydrogens (primary N) is 1. The third-order valence-electron chi connectivity index (χ3n) is 3.28. The molecule has 2 N–H and O–H groups in total. The van der Waals surface area contributed by atoms with Crippen LogP contribution < -0.4 is 10.5 Å². The molecule has 24 heavy (non-hydrogen) atoms. The van der Waals surface area contributed by atoms with E-state index in [2.05, 4.69) is 0 Å². The van der Waals surface area contributed by atoms with Gasteiger partial charge in [-0.3, -0.25) is 24.2 Å². The third-order valence-corrected chi connectivity index (χ3v) is 4.12. The summed E-state index contributed by atoms with van der Waals surface area (Å²) >= 11 is 11.1. The summed E-state index contributed by atoms with van der Waals surface area (Å²) in [4.78, 5) is 37.6. The summed E-state index contributed by atoms with van der Waals surface area (Å²) in [5, 5.41) is 0.355. The molecule has 7 nitrogen and oxygen atoms in total. The predicted molar refractivity (Wildman–Crippen MR) is 92.3 cm³/mol. The Morgan fingerprint density at radius 1 is 1.29 bits per heavy atom. The van der Waals surface area contributed by atoms with Crippen LogP contribution in [0.2, 0.25) is 5.02 Å². The average molecular weight is 368 g/mol. The molecular weight excluding hydrogens is 354 g/mol. The minimum Gasteiger partial charge on any atom is -0.482 e. The van der Waals surface area contributed by atoms with Gasteiger partial charge in [-0.05, 0) is 36.0 Å². The fourth-order valence-electron chi connectivity index (χ4n) is 2.01. The lowest BCUT2D eigenvalue weighted by atomic mass is 10.1. The van der Waals surface area contributed by atoms with Crippen LogP contribution in [0.4, 0.5) is 0 Å². The number of rotatable bonds is 4. The van der Waals surface area contributed by atoms with E-state index in [1.165, 1.54) is 42.1 Å². The highest BCUT2D eigenvalue weighted by molar-refractivity contribution is 7.80. The first-order valence-corrected chi connectivity index (χ1v) is 7.53. The van der Waals surface area contributed by atoms with Crippen LogP contribution in [0.1, 0.15) is 5.56 Å². The molecule has 1 aromatic carbocycles. The Morgan fingerprint density at radius 3 is 2.38 bits per heavy atom. The molecule has 0 atom stereocenters. The maximum atomic E-state index is 12.2. The lowest BCUT2D eigenvalue weighted by Crippen LogP contribution is -2.52. The van der Waals surface area contributed by atoms with Gasteiger partial charge in [-0.25, -0.2) is 0 Å². The Morgan fingerprint density at radius 2 is 1.88 bits per heavy atom. The van der Waals surface area contributed by atoms with Gasteiger partial charge in [0.2, 0.25) is 0 Å². The van der Waals surface area contributed by atoms with E-state index in [9.17, 15) is 14.4 Å². The first kappa shape index (κ1) is 17.9. The molecule has 0 radical (unpaired) electrons. The van der Waals surface area contributed by atoms with Crippen LogP contribution in [0.5, 0.6) is 5.75 Å². The van der Waals surface area contributed by atoms with Crippen molar-refractivity contribution in [3.05, 3.63) is 34.4 Å². The summed E-state index contributed by atoms with van der Waals surface area (Å²) < 4.78 is 5.14. The van der Waals surface area contributed by atoms with E-state index in [-0.39, 0.29) is 28.1 Å². The molecule has 0 aliphatic carbocycles. The van der Waals surface area contributed by atoms with E-state index in [1.807, 2.05) is 0 Å². The SMILES string of the molecule is CN1C(=O)C(=Cc2ccc(OCC(N)=O)c(Cl)c2)C(=O)N(C)C1=S. The molecule has 0 spiro atoms. The fraction of sp³-hybridized carbons (Fsp3) is 0.200. The topological polar surface area (TPSA) is 92.9 Å². The summed E-state index contributed by atoms with van der Waals surface area (Å²) in [5.74, 6) is -1.34. The van der Waals surface area contributed by atoms with Crippen molar-refractivity contribution in [3.8, 4) is 5.75 Å². The zero-order valence-electron chi connectivity index (χ0n) is 12.9. The first-order valence-electron chi connectivity index (χ1n) is 6.74. The van der Waals surface area contributed by atoms with E-state index >= 15 is 0 Å². The van der Waals surface area contributed by atoms with Crippen molar-refractivity contribution in [1.29, 1.82) is 0 Å². The van der Waals surface area contributed by atoms with Crippen LogP contribution in [-0.2, 0) is 14.4 Å². The van der Waals surface area contributed by atoms with Gasteiger partial charge in [0.05, 0.1) is 5.02 Å². The molecule has 126 valence electrons. The number of nitrogens with zero attached hydrogens (tertiary/aromatic N) is 2. The van der Waals surface area contributed by atoms with Crippen LogP contribution >= 0.6 is 23.8 Å². The second-order valence-corrected chi connectivity index (χ2v) is 5.79. The van der Waals surface area contributed by atoms with Crippen molar-refractivity contribution >= 4 is 52.7 Å². The fourth-order valence-corrected chi connectivity index (χ4v) is 2.42. The number of carbonyl (C=O) groups excluding carboxylic acids is 3. The molecule has 1 aromatic rings. The zero-order valence-corrected chi connectivity index (χ0v) is 14.5. The molecule has 1 aliphatic rings. The van der Waals surface area contributed by atoms with E-state index < -0.39 is 17.7 Å². The second-order valence-electron chi connectivity index (χ2n) is 5.01. The number of benzene rings is 1. The highest BCUT2D eigenvalue weighted by Crippen LogP contribution is 2.27. The molecule has 3 amide bonds. The molecule has 0 saturated carbocycles. The Balaban J connectivity index is 2.31. The van der Waals surface area contributed by atoms with Crippen molar-refractivity contribution in [1.82, 2.24) is 9.80 Å². The van der Waals surface area contributed by atoms with E-state index in [1.54, 1.807) is 6.07 Å². The normalized spacial score (nSPS) is 15.0. The molecule has 1 heterocycles. The molecule has 0 aromatic heterocycles. The van der Waals surface area contributed by atoms with Gasteiger partial charge < -0.3 is 10.5 Å². The lowest BCUT2D eigenvalue weighted by molar-refractivity contribution is -0.132. The molecule has 0 unspecified atom stereocenters. The maximum Gasteiger partial charge on any atom is 0.265 e. The number of carbonyl (C=O) groups is 3. The number of halogens is 1. The van der Waals surface area contributed by atoms with Crippen molar-refractivity contribution in [2.45, 2.75) is 0 Å². The van der Waals surface area contributed by atoms with Crippen LogP contribution in [0, 0.1) is 0 Å². The monoisotopic (exact) mass is 367 g/mol. The van der Waals surface area contributed by atoms with Crippen LogP contribution in [0.15, 0.2) is 23.8 Å². The summed E-state index contributed by atoms with van der Waals surface area (Å²) in [6, 6.07) is 4.63. The van der Waals surface area contributed by atoms with Gasteiger partial charge in [0.1, 0.15) is 11.3 Å². The number of hydrogen-bond acceptors (Lipinski definition) is 5. The lowest BCUT2D eigenvalue weighted by Gasteiger charge is -2.31. The Labute approximate surface area is 148 Å². The van der Waals surface area contributed by atoms with Crippen LogP contribution in [0.3, 0.4) is 0 Å². The van der Waals surface area contributed by atoms with Crippen LogP contribution in [-0.4, -0.2) is 53.3 Å². The minimum absolute atomic E-state index is 0.0320. The largest absolute Gasteiger partial charge is 0.482 e. The number of primary amides is 1. The van der Waals surface area contributed by atoms with Crippen LogP contribution in [0.25, 0.3) is 6.08 Å². The quantitative estimate of drug-likeness (QED) is 0.483. The molecule has 0 bridgehead atoms. The van der Waals surface area contributed by atoms with Gasteiger partial charge in [0.15, 0.2) is 11.7 Å². The number of likely N-dealkylation sites (N-methyl/N-ethyl adjacent to an activating group) is 2. The van der Waals surface area contributed by atoms with Crippen molar-refractivity contribution in [2.75, 3.05) is 20.7 Å². The number of ether oxygens (including phenoxy) is 1. The molecule has 9 heteroatoms. The van der Waals surface area contributed by atoms with Gasteiger partial charge in [0, 0.05) is 14.1 Å². The van der Waals surface area contributed by atoms with Crippen molar-refractivity contribution in [3.63, 3.8) is 0 Å². The summed E-state index contributed by atoms with van der Waals surface area (Å²) in [5.41, 5.74) is 5.49. The van der Waals surface area contributed by atoms with E-state index in [4.69, 9.17) is 34.3 Å². The predicted octanol–water partition coefficient (Wildman–Crippen LogP) is 0.803. The van der Waals surface area contributed by atoms with E-state index in [0.717, 1.165) is 0 Å². The van der Waals surface area contributed by atoms with Gasteiger partial charge in [-0.1, -0.05) is 17.7 Å². The van der Waals surface area contributed by atoms with Crippen molar-refractivity contribution < 1.29 is 19.1 Å². The maximum absolute atomic E-state index is 12.2.